The van der Waals surface area contributed by atoms with Gasteiger partial charge in [0.05, 0.1) is 16.3 Å². The Morgan fingerprint density at radius 1 is 1.39 bits per heavy atom. The first-order chi connectivity index (χ1) is 15.0. The van der Waals surface area contributed by atoms with Gasteiger partial charge >= 0.3 is 0 Å². The molecule has 1 unspecified atom stereocenters. The maximum Gasteiger partial charge on any atom is 0.263 e. The molecule has 0 aliphatic rings. The van der Waals surface area contributed by atoms with Crippen LogP contribution in [0.3, 0.4) is 0 Å². The van der Waals surface area contributed by atoms with Crippen LogP contribution in [0.25, 0.3) is 20.7 Å². The van der Waals surface area contributed by atoms with Crippen LogP contribution in [0, 0.1) is 0 Å². The highest BCUT2D eigenvalue weighted by atomic mass is 35.5. The van der Waals surface area contributed by atoms with Gasteiger partial charge < -0.3 is 5.32 Å². The van der Waals surface area contributed by atoms with Gasteiger partial charge in [-0.3, -0.25) is 14.2 Å². The lowest BCUT2D eigenvalue weighted by Crippen LogP contribution is -2.26. The summed E-state index contributed by atoms with van der Waals surface area (Å²) in [4.78, 5) is 36.4. The zero-order valence-electron chi connectivity index (χ0n) is 16.4. The summed E-state index contributed by atoms with van der Waals surface area (Å²) in [6.45, 7) is 5.82. The van der Waals surface area contributed by atoms with E-state index in [1.165, 1.54) is 23.1 Å². The number of allylic oxidation sites excluding steroid dienone is 1. The number of hydrogen-bond donors (Lipinski definition) is 1. The number of thioether (sulfide) groups is 1. The van der Waals surface area contributed by atoms with Gasteiger partial charge in [-0.15, -0.1) is 29.3 Å². The zero-order chi connectivity index (χ0) is 22.0. The number of aromatic nitrogens is 3. The van der Waals surface area contributed by atoms with Crippen LogP contribution < -0.4 is 10.9 Å². The molecule has 1 amide bonds. The van der Waals surface area contributed by atoms with Crippen molar-refractivity contribution in [1.29, 1.82) is 0 Å². The molecule has 0 aliphatic heterocycles. The molecule has 6 nitrogen and oxygen atoms in total. The van der Waals surface area contributed by atoms with E-state index >= 15 is 0 Å². The van der Waals surface area contributed by atoms with Crippen molar-refractivity contribution in [3.63, 3.8) is 0 Å². The van der Waals surface area contributed by atoms with Crippen molar-refractivity contribution in [1.82, 2.24) is 14.5 Å². The van der Waals surface area contributed by atoms with Gasteiger partial charge in [0.1, 0.15) is 4.83 Å². The summed E-state index contributed by atoms with van der Waals surface area (Å²) in [5, 5.41) is 7.47. The Morgan fingerprint density at radius 3 is 2.94 bits per heavy atom. The molecule has 4 aromatic heterocycles. The van der Waals surface area contributed by atoms with Gasteiger partial charge in [0, 0.05) is 28.6 Å². The van der Waals surface area contributed by atoms with Crippen LogP contribution >= 0.6 is 46.0 Å². The van der Waals surface area contributed by atoms with Crippen molar-refractivity contribution < 1.29 is 4.79 Å². The molecule has 4 heterocycles. The second-order valence-corrected chi connectivity index (χ2v) is 9.97. The fourth-order valence-electron chi connectivity index (χ4n) is 2.92. The van der Waals surface area contributed by atoms with Gasteiger partial charge in [-0.05, 0) is 30.5 Å². The van der Waals surface area contributed by atoms with E-state index in [0.29, 0.717) is 27.6 Å². The fraction of sp³-hybridized carbons (Fsp3) is 0.143. The Balaban J connectivity index is 1.67. The molecule has 0 spiro atoms. The Kier molecular flexibility index (Phi) is 6.57. The largest absolute Gasteiger partial charge is 0.322 e. The van der Waals surface area contributed by atoms with Crippen molar-refractivity contribution in [3.8, 4) is 10.4 Å². The van der Waals surface area contributed by atoms with Gasteiger partial charge in [-0.2, -0.15) is 0 Å². The standard InChI is InChI=1S/C21H17ClN4O2S3/c1-3-9-26-20(28)16-13(15-7-5-10-29-15)11-30-19(16)25-21(26)31-12(2)18(27)24-14-6-4-8-23-17(14)22/h3-8,10-12H,1,9H2,2H3,(H,24,27). The minimum absolute atomic E-state index is 0.139. The van der Waals surface area contributed by atoms with Gasteiger partial charge in [-0.25, -0.2) is 9.97 Å². The van der Waals surface area contributed by atoms with E-state index in [0.717, 1.165) is 10.4 Å². The number of fused-ring (bicyclic) bond motifs is 1. The molecular weight excluding hydrogens is 472 g/mol. The first-order valence-electron chi connectivity index (χ1n) is 9.24. The number of nitrogens with one attached hydrogen (secondary N) is 1. The number of carbonyl (C=O) groups excluding carboxylic acids is 1. The van der Waals surface area contributed by atoms with Crippen molar-refractivity contribution in [2.45, 2.75) is 23.9 Å². The average Bonchev–Trinajstić information content (AvgIpc) is 3.42. The normalized spacial score (nSPS) is 12.1. The molecule has 158 valence electrons. The molecule has 1 atom stereocenters. The van der Waals surface area contributed by atoms with Crippen molar-refractivity contribution in [2.75, 3.05) is 5.32 Å². The third-order valence-electron chi connectivity index (χ3n) is 4.43. The minimum atomic E-state index is -0.520. The first kappa shape index (κ1) is 21.8. The molecule has 0 saturated carbocycles. The SMILES string of the molecule is C=CCn1c(SC(C)C(=O)Nc2cccnc2Cl)nc2scc(-c3cccs3)c2c1=O. The van der Waals surface area contributed by atoms with Gasteiger partial charge in [0.25, 0.3) is 5.56 Å². The molecule has 4 rings (SSSR count). The predicted molar refractivity (Wildman–Crippen MR) is 131 cm³/mol. The summed E-state index contributed by atoms with van der Waals surface area (Å²) < 4.78 is 1.56. The number of pyridine rings is 1. The summed E-state index contributed by atoms with van der Waals surface area (Å²) in [7, 11) is 0. The molecule has 0 bridgehead atoms. The second-order valence-electron chi connectivity index (χ2n) is 6.50. The Bertz CT molecular complexity index is 1310. The van der Waals surface area contributed by atoms with Crippen molar-refractivity contribution in [2.24, 2.45) is 0 Å². The van der Waals surface area contributed by atoms with E-state index in [4.69, 9.17) is 16.6 Å². The summed E-state index contributed by atoms with van der Waals surface area (Å²) in [6.07, 6.45) is 3.20. The molecule has 0 aromatic carbocycles. The van der Waals surface area contributed by atoms with Crippen molar-refractivity contribution >= 4 is 67.8 Å². The van der Waals surface area contributed by atoms with Crippen LogP contribution in [0.1, 0.15) is 6.92 Å². The number of amides is 1. The van der Waals surface area contributed by atoms with E-state index in [1.807, 2.05) is 22.9 Å². The van der Waals surface area contributed by atoms with Gasteiger partial charge in [0.15, 0.2) is 10.3 Å². The van der Waals surface area contributed by atoms with E-state index in [9.17, 15) is 9.59 Å². The highest BCUT2D eigenvalue weighted by molar-refractivity contribution is 8.00. The van der Waals surface area contributed by atoms with E-state index in [-0.39, 0.29) is 16.6 Å². The Morgan fingerprint density at radius 2 is 2.23 bits per heavy atom. The fourth-order valence-corrected chi connectivity index (χ4v) is 5.81. The summed E-state index contributed by atoms with van der Waals surface area (Å²) in [5.41, 5.74) is 1.19. The Hall–Kier alpha value is -2.46. The average molecular weight is 489 g/mol. The van der Waals surface area contributed by atoms with E-state index in [2.05, 4.69) is 16.9 Å². The van der Waals surface area contributed by atoms with Gasteiger partial charge in [0.2, 0.25) is 5.91 Å². The molecule has 0 saturated heterocycles. The topological polar surface area (TPSA) is 76.9 Å². The minimum Gasteiger partial charge on any atom is -0.322 e. The van der Waals surface area contributed by atoms with Crippen molar-refractivity contribution in [3.05, 3.63) is 69.4 Å². The van der Waals surface area contributed by atoms with Crippen LogP contribution in [0.15, 0.2) is 63.8 Å². The lowest BCUT2D eigenvalue weighted by Gasteiger charge is -2.15. The summed E-state index contributed by atoms with van der Waals surface area (Å²) >= 11 is 10.3. The zero-order valence-corrected chi connectivity index (χ0v) is 19.6. The number of carbonyl (C=O) groups is 1. The summed E-state index contributed by atoms with van der Waals surface area (Å²) in [6, 6.07) is 7.32. The van der Waals surface area contributed by atoms with Crippen LogP contribution in [0.4, 0.5) is 5.69 Å². The highest BCUT2D eigenvalue weighted by Crippen LogP contribution is 2.35. The number of halogens is 1. The van der Waals surface area contributed by atoms with E-state index in [1.54, 1.807) is 47.2 Å². The van der Waals surface area contributed by atoms with Gasteiger partial charge in [-0.1, -0.05) is 35.5 Å². The smallest absolute Gasteiger partial charge is 0.263 e. The molecule has 0 fully saturated rings. The number of thiophene rings is 2. The monoisotopic (exact) mass is 488 g/mol. The molecule has 4 aromatic rings. The van der Waals surface area contributed by atoms with Crippen LogP contribution in [0.2, 0.25) is 5.15 Å². The lowest BCUT2D eigenvalue weighted by atomic mass is 10.2. The maximum absolute atomic E-state index is 13.4. The van der Waals surface area contributed by atoms with Crippen LogP contribution in [0.5, 0.6) is 0 Å². The quantitative estimate of drug-likeness (QED) is 0.160. The summed E-state index contributed by atoms with van der Waals surface area (Å²) in [5.74, 6) is -0.259. The predicted octanol–water partition coefficient (Wildman–Crippen LogP) is 5.54. The molecule has 31 heavy (non-hydrogen) atoms. The molecule has 1 N–H and O–H groups in total. The number of anilines is 1. The first-order valence-corrected chi connectivity index (χ1v) is 12.3. The van der Waals surface area contributed by atoms with Crippen LogP contribution in [-0.4, -0.2) is 25.7 Å². The molecule has 10 heteroatoms. The highest BCUT2D eigenvalue weighted by Gasteiger charge is 2.22. The maximum atomic E-state index is 13.4. The lowest BCUT2D eigenvalue weighted by molar-refractivity contribution is -0.115. The van der Waals surface area contributed by atoms with Crippen LogP contribution in [-0.2, 0) is 11.3 Å². The second kappa shape index (κ2) is 9.35. The number of hydrogen-bond acceptors (Lipinski definition) is 7. The number of nitrogens with zero attached hydrogens (tertiary/aromatic N) is 3. The van der Waals surface area contributed by atoms with E-state index < -0.39 is 5.25 Å². The molecular formula is C21H17ClN4O2S3. The molecule has 0 aliphatic carbocycles. The Labute approximate surface area is 195 Å². The molecule has 0 radical (unpaired) electrons. The third kappa shape index (κ3) is 4.45. The third-order valence-corrected chi connectivity index (χ3v) is 7.59. The number of rotatable bonds is 7.